The molecule has 1 aromatic heterocycles. The van der Waals surface area contributed by atoms with Crippen LogP contribution in [0.4, 0.5) is 0 Å². The van der Waals surface area contributed by atoms with Crippen molar-refractivity contribution in [3.05, 3.63) is 11.9 Å². The number of nitrogens with one attached hydrogen (secondary N) is 1. The van der Waals surface area contributed by atoms with Gasteiger partial charge in [0.15, 0.2) is 0 Å². The molecule has 3 rings (SSSR count). The lowest BCUT2D eigenvalue weighted by Gasteiger charge is -2.39. The molecule has 1 fully saturated rings. The molecule has 0 saturated carbocycles. The van der Waals surface area contributed by atoms with Crippen molar-refractivity contribution >= 4 is 11.0 Å². The van der Waals surface area contributed by atoms with Gasteiger partial charge in [-0.25, -0.2) is 8.89 Å². The third-order valence-electron chi connectivity index (χ3n) is 4.77. The van der Waals surface area contributed by atoms with E-state index in [2.05, 4.69) is 15.6 Å². The predicted octanol–water partition coefficient (Wildman–Crippen LogP) is 0.146. The topological polar surface area (TPSA) is 85.8 Å². The quantitative estimate of drug-likeness (QED) is 0.826. The van der Waals surface area contributed by atoms with E-state index in [0.717, 1.165) is 38.9 Å². The van der Waals surface area contributed by atoms with Crippen molar-refractivity contribution < 1.29 is 4.21 Å². The molecule has 2 aliphatic heterocycles. The lowest BCUT2D eigenvalue weighted by atomic mass is 9.68. The van der Waals surface area contributed by atoms with E-state index in [0.29, 0.717) is 5.92 Å². The first-order valence-corrected chi connectivity index (χ1v) is 8.14. The lowest BCUT2D eigenvalue weighted by molar-refractivity contribution is 0.149. The van der Waals surface area contributed by atoms with E-state index in [-0.39, 0.29) is 10.7 Å². The summed E-state index contributed by atoms with van der Waals surface area (Å²) in [5.74, 6) is 0.382. The van der Waals surface area contributed by atoms with Crippen LogP contribution in [-0.2, 0) is 17.5 Å². The van der Waals surface area contributed by atoms with Crippen LogP contribution in [0.15, 0.2) is 6.20 Å². The molecule has 0 bridgehead atoms. The molecule has 2 unspecified atom stereocenters. The number of fused-ring (bicyclic) bond motifs is 1. The van der Waals surface area contributed by atoms with Crippen LogP contribution in [0.1, 0.15) is 37.8 Å². The summed E-state index contributed by atoms with van der Waals surface area (Å²) in [5.41, 5.74) is 1.45. The van der Waals surface area contributed by atoms with Gasteiger partial charge in [-0.1, -0.05) is 5.21 Å². The highest BCUT2D eigenvalue weighted by atomic mass is 32.2. The minimum absolute atomic E-state index is 0.0122. The van der Waals surface area contributed by atoms with Gasteiger partial charge in [-0.2, -0.15) is 0 Å². The van der Waals surface area contributed by atoms with Crippen molar-refractivity contribution in [1.82, 2.24) is 20.3 Å². The van der Waals surface area contributed by atoms with Gasteiger partial charge in [0.25, 0.3) is 0 Å². The van der Waals surface area contributed by atoms with Gasteiger partial charge in [-0.3, -0.25) is 5.14 Å². The van der Waals surface area contributed by atoms with E-state index in [1.165, 1.54) is 5.69 Å². The zero-order chi connectivity index (χ0) is 13.5. The van der Waals surface area contributed by atoms with Crippen LogP contribution < -0.4 is 10.5 Å². The van der Waals surface area contributed by atoms with Gasteiger partial charge < -0.3 is 5.32 Å². The number of hydrogen-bond acceptors (Lipinski definition) is 4. The number of nitrogens with zero attached hydrogens (tertiary/aromatic N) is 3. The van der Waals surface area contributed by atoms with Gasteiger partial charge in [0, 0.05) is 23.1 Å². The number of piperidine rings is 1. The summed E-state index contributed by atoms with van der Waals surface area (Å²) in [5, 5.41) is 17.2. The number of rotatable bonds is 3. The van der Waals surface area contributed by atoms with Crippen molar-refractivity contribution in [3.8, 4) is 0 Å². The first-order chi connectivity index (χ1) is 9.12. The fourth-order valence-corrected chi connectivity index (χ4v) is 3.99. The molecule has 1 aromatic rings. The van der Waals surface area contributed by atoms with Crippen LogP contribution in [0.5, 0.6) is 0 Å². The molecule has 3 N–H and O–H groups in total. The smallest absolute Gasteiger partial charge is 0.0917 e. The summed E-state index contributed by atoms with van der Waals surface area (Å²) >= 11 is 0. The van der Waals surface area contributed by atoms with Gasteiger partial charge in [0.2, 0.25) is 0 Å². The molecule has 7 heteroatoms. The minimum Gasteiger partial charge on any atom is -0.317 e. The zero-order valence-corrected chi connectivity index (χ0v) is 12.0. The maximum Gasteiger partial charge on any atom is 0.0917 e. The standard InChI is InChI=1S/C12H21N5OS/c1-9(19(13)18)6-10-11-7-15-16-17(11)8-12(10)2-4-14-5-3-12/h7,9-10,14H,2-6,8,13H2,1H3/t9?,10-,19?/m1/s1. The van der Waals surface area contributed by atoms with E-state index in [1.54, 1.807) is 0 Å². The fraction of sp³-hybridized carbons (Fsp3) is 0.833. The van der Waals surface area contributed by atoms with E-state index >= 15 is 0 Å². The summed E-state index contributed by atoms with van der Waals surface area (Å²) < 4.78 is 13.5. The van der Waals surface area contributed by atoms with E-state index in [9.17, 15) is 4.21 Å². The molecule has 3 heterocycles. The minimum atomic E-state index is -1.26. The normalized spacial score (nSPS) is 28.2. The maximum atomic E-state index is 11.5. The van der Waals surface area contributed by atoms with Crippen LogP contribution in [0, 0.1) is 5.41 Å². The zero-order valence-electron chi connectivity index (χ0n) is 11.2. The largest absolute Gasteiger partial charge is 0.317 e. The summed E-state index contributed by atoms with van der Waals surface area (Å²) in [4.78, 5) is 0. The first kappa shape index (κ1) is 13.2. The molecule has 0 amide bonds. The van der Waals surface area contributed by atoms with E-state index in [4.69, 9.17) is 5.14 Å². The highest BCUT2D eigenvalue weighted by Gasteiger charge is 2.48. The molecular formula is C12H21N5OS. The third-order valence-corrected chi connectivity index (χ3v) is 5.76. The van der Waals surface area contributed by atoms with Crippen LogP contribution in [-0.4, -0.2) is 37.5 Å². The molecule has 1 saturated heterocycles. The number of hydrogen-bond donors (Lipinski definition) is 2. The van der Waals surface area contributed by atoms with Gasteiger partial charge in [0.1, 0.15) is 0 Å². The Morgan fingerprint density at radius 2 is 2.37 bits per heavy atom. The molecule has 0 radical (unpaired) electrons. The summed E-state index contributed by atoms with van der Waals surface area (Å²) in [6, 6.07) is 0. The second-order valence-corrected chi connectivity index (χ2v) is 7.32. The highest BCUT2D eigenvalue weighted by Crippen LogP contribution is 2.51. The molecule has 0 aromatic carbocycles. The SMILES string of the molecule is CC(C[C@@H]1c2cnnn2CC12CCNCC2)S(N)=O. The molecule has 0 aliphatic carbocycles. The van der Waals surface area contributed by atoms with Crippen LogP contribution in [0.3, 0.4) is 0 Å². The molecule has 6 nitrogen and oxygen atoms in total. The van der Waals surface area contributed by atoms with E-state index in [1.807, 2.05) is 17.8 Å². The van der Waals surface area contributed by atoms with Gasteiger partial charge in [-0.15, -0.1) is 5.10 Å². The van der Waals surface area contributed by atoms with Crippen LogP contribution in [0.2, 0.25) is 0 Å². The second kappa shape index (κ2) is 4.96. The summed E-state index contributed by atoms with van der Waals surface area (Å²) in [6.07, 6.45) is 5.01. The summed E-state index contributed by atoms with van der Waals surface area (Å²) in [7, 11) is -1.26. The monoisotopic (exact) mass is 283 g/mol. The van der Waals surface area contributed by atoms with Crippen molar-refractivity contribution in [1.29, 1.82) is 0 Å². The Bertz CT molecular complexity index is 482. The molecule has 3 atom stereocenters. The Morgan fingerprint density at radius 1 is 1.63 bits per heavy atom. The van der Waals surface area contributed by atoms with Crippen molar-refractivity contribution in [2.75, 3.05) is 13.1 Å². The highest BCUT2D eigenvalue weighted by molar-refractivity contribution is 7.83. The van der Waals surface area contributed by atoms with Crippen LogP contribution in [0.25, 0.3) is 0 Å². The Balaban J connectivity index is 1.89. The average molecular weight is 283 g/mol. The molecule has 1 spiro atoms. The third kappa shape index (κ3) is 2.23. The Morgan fingerprint density at radius 3 is 3.05 bits per heavy atom. The summed E-state index contributed by atoms with van der Waals surface area (Å²) in [6.45, 7) is 5.01. The molecule has 106 valence electrons. The number of nitrogens with two attached hydrogens (primary N) is 1. The van der Waals surface area contributed by atoms with Crippen LogP contribution >= 0.6 is 0 Å². The molecule has 2 aliphatic rings. The second-order valence-electron chi connectivity index (χ2n) is 5.86. The van der Waals surface area contributed by atoms with Crippen molar-refractivity contribution in [2.45, 2.75) is 43.9 Å². The molecular weight excluding hydrogens is 262 g/mol. The predicted molar refractivity (Wildman–Crippen MR) is 73.7 cm³/mol. The Labute approximate surface area is 115 Å². The Hall–Kier alpha value is -0.790. The van der Waals surface area contributed by atoms with Crippen molar-refractivity contribution in [3.63, 3.8) is 0 Å². The fourth-order valence-electron chi connectivity index (χ4n) is 3.61. The average Bonchev–Trinajstić information content (AvgIpc) is 2.92. The lowest BCUT2D eigenvalue weighted by Crippen LogP contribution is -2.41. The van der Waals surface area contributed by atoms with Gasteiger partial charge in [0.05, 0.1) is 22.9 Å². The van der Waals surface area contributed by atoms with E-state index < -0.39 is 11.0 Å². The Kier molecular flexibility index (Phi) is 3.44. The first-order valence-electron chi connectivity index (χ1n) is 6.86. The maximum absolute atomic E-state index is 11.5. The molecule has 19 heavy (non-hydrogen) atoms. The number of aromatic nitrogens is 3. The van der Waals surface area contributed by atoms with Gasteiger partial charge >= 0.3 is 0 Å². The van der Waals surface area contributed by atoms with Gasteiger partial charge in [-0.05, 0) is 39.3 Å². The van der Waals surface area contributed by atoms with Crippen molar-refractivity contribution in [2.24, 2.45) is 10.6 Å².